The average molecular weight is 148 g/mol. The average Bonchev–Trinajstić information content (AvgIpc) is 1.77. The summed E-state index contributed by atoms with van der Waals surface area (Å²) in [6.07, 6.45) is 0. The zero-order valence-corrected chi connectivity index (χ0v) is 7.02. The third-order valence-corrected chi connectivity index (χ3v) is 4.52. The molecule has 8 heavy (non-hydrogen) atoms. The highest BCUT2D eigenvalue weighted by Crippen LogP contribution is 2.35. The Bertz CT molecular complexity index is 62.9. The predicted octanol–water partition coefficient (Wildman–Crippen LogP) is 2.65. The molecule has 1 fully saturated rings. The Kier molecular flexibility index (Phi) is 2.57. The second kappa shape index (κ2) is 3.02. The molecule has 0 bridgehead atoms. The second-order valence-corrected chi connectivity index (χ2v) is 5.08. The molecule has 2 atom stereocenters. The molecule has 0 amide bonds. The lowest BCUT2D eigenvalue weighted by Crippen LogP contribution is -2.15. The van der Waals surface area contributed by atoms with Crippen LogP contribution in [0.25, 0.3) is 0 Å². The molecule has 1 aliphatic heterocycles. The molecular formula is C6H12S2. The lowest BCUT2D eigenvalue weighted by molar-refractivity contribution is 0.471. The number of rotatable bonds is 0. The molecule has 0 unspecified atom stereocenters. The summed E-state index contributed by atoms with van der Waals surface area (Å²) in [6, 6.07) is 0. The van der Waals surface area contributed by atoms with Crippen molar-refractivity contribution in [1.29, 1.82) is 0 Å². The monoisotopic (exact) mass is 148 g/mol. The first-order chi connectivity index (χ1) is 3.80. The van der Waals surface area contributed by atoms with Crippen molar-refractivity contribution in [2.75, 3.05) is 11.5 Å². The summed E-state index contributed by atoms with van der Waals surface area (Å²) in [7, 11) is 4.05. The third kappa shape index (κ3) is 1.59. The molecule has 1 saturated heterocycles. The van der Waals surface area contributed by atoms with Gasteiger partial charge in [-0.25, -0.2) is 0 Å². The third-order valence-electron chi connectivity index (χ3n) is 1.72. The minimum atomic E-state index is 0.946. The van der Waals surface area contributed by atoms with Crippen LogP contribution >= 0.6 is 21.6 Å². The summed E-state index contributed by atoms with van der Waals surface area (Å²) in [4.78, 5) is 0. The SMILES string of the molecule is C[C@H]1CSSC[C@@H]1C. The summed E-state index contributed by atoms with van der Waals surface area (Å²) >= 11 is 0. The van der Waals surface area contributed by atoms with E-state index in [1.165, 1.54) is 11.5 Å². The molecule has 0 saturated carbocycles. The van der Waals surface area contributed by atoms with E-state index < -0.39 is 0 Å². The van der Waals surface area contributed by atoms with E-state index in [-0.39, 0.29) is 0 Å². The Hall–Kier alpha value is 0.700. The van der Waals surface area contributed by atoms with Crippen LogP contribution in [0.15, 0.2) is 0 Å². The van der Waals surface area contributed by atoms with Gasteiger partial charge in [0.15, 0.2) is 0 Å². The van der Waals surface area contributed by atoms with Gasteiger partial charge in [0.25, 0.3) is 0 Å². The molecule has 1 aliphatic rings. The first kappa shape index (κ1) is 6.81. The molecule has 1 heterocycles. The van der Waals surface area contributed by atoms with Crippen LogP contribution in [0.2, 0.25) is 0 Å². The fraction of sp³-hybridized carbons (Fsp3) is 1.00. The highest BCUT2D eigenvalue weighted by atomic mass is 33.1. The molecule has 0 aromatic heterocycles. The molecule has 48 valence electrons. The molecule has 0 spiro atoms. The highest BCUT2D eigenvalue weighted by Gasteiger charge is 2.16. The van der Waals surface area contributed by atoms with Crippen LogP contribution in [0, 0.1) is 11.8 Å². The van der Waals surface area contributed by atoms with Crippen LogP contribution < -0.4 is 0 Å². The van der Waals surface area contributed by atoms with Crippen LogP contribution in [-0.2, 0) is 0 Å². The van der Waals surface area contributed by atoms with Crippen LogP contribution in [0.3, 0.4) is 0 Å². The Balaban J connectivity index is 2.28. The van der Waals surface area contributed by atoms with Gasteiger partial charge in [0.05, 0.1) is 0 Å². The van der Waals surface area contributed by atoms with E-state index in [1.807, 2.05) is 21.6 Å². The maximum atomic E-state index is 2.34. The van der Waals surface area contributed by atoms with E-state index in [4.69, 9.17) is 0 Å². The van der Waals surface area contributed by atoms with Gasteiger partial charge in [0.2, 0.25) is 0 Å². The number of hydrogen-bond acceptors (Lipinski definition) is 2. The summed E-state index contributed by atoms with van der Waals surface area (Å²) < 4.78 is 0. The molecule has 0 nitrogen and oxygen atoms in total. The van der Waals surface area contributed by atoms with Crippen LogP contribution in [0.1, 0.15) is 13.8 Å². The Labute approximate surface area is 59.2 Å². The van der Waals surface area contributed by atoms with Gasteiger partial charge in [-0.2, -0.15) is 0 Å². The van der Waals surface area contributed by atoms with Crippen molar-refractivity contribution in [2.24, 2.45) is 11.8 Å². The lowest BCUT2D eigenvalue weighted by atomic mass is 10.0. The minimum Gasteiger partial charge on any atom is -0.0939 e. The van der Waals surface area contributed by atoms with Gasteiger partial charge < -0.3 is 0 Å². The molecule has 2 heteroatoms. The van der Waals surface area contributed by atoms with Crippen LogP contribution in [-0.4, -0.2) is 11.5 Å². The second-order valence-electron chi connectivity index (χ2n) is 2.52. The van der Waals surface area contributed by atoms with Crippen molar-refractivity contribution in [3.05, 3.63) is 0 Å². The van der Waals surface area contributed by atoms with E-state index in [0.717, 1.165) is 11.8 Å². The Morgan fingerprint density at radius 2 is 1.38 bits per heavy atom. The zero-order chi connectivity index (χ0) is 5.98. The predicted molar refractivity (Wildman–Crippen MR) is 43.2 cm³/mol. The first-order valence-electron chi connectivity index (χ1n) is 3.05. The summed E-state index contributed by atoms with van der Waals surface area (Å²) in [6.45, 7) is 4.69. The van der Waals surface area contributed by atoms with Crippen molar-refractivity contribution >= 4 is 21.6 Å². The van der Waals surface area contributed by atoms with Gasteiger partial charge in [-0.15, -0.1) is 0 Å². The molecule has 0 aromatic rings. The van der Waals surface area contributed by atoms with E-state index in [0.29, 0.717) is 0 Å². The fourth-order valence-corrected chi connectivity index (χ4v) is 3.78. The van der Waals surface area contributed by atoms with Gasteiger partial charge >= 0.3 is 0 Å². The quantitative estimate of drug-likeness (QED) is 0.484. The van der Waals surface area contributed by atoms with Crippen molar-refractivity contribution in [3.63, 3.8) is 0 Å². The topological polar surface area (TPSA) is 0 Å². The van der Waals surface area contributed by atoms with Crippen molar-refractivity contribution < 1.29 is 0 Å². The molecular weight excluding hydrogens is 136 g/mol. The maximum absolute atomic E-state index is 2.34. The van der Waals surface area contributed by atoms with Crippen molar-refractivity contribution in [1.82, 2.24) is 0 Å². The molecule has 0 aromatic carbocycles. The van der Waals surface area contributed by atoms with E-state index in [9.17, 15) is 0 Å². The van der Waals surface area contributed by atoms with Gasteiger partial charge in [-0.05, 0) is 11.8 Å². The first-order valence-corrected chi connectivity index (χ1v) is 5.54. The largest absolute Gasteiger partial charge is 0.0939 e. The van der Waals surface area contributed by atoms with Gasteiger partial charge in [0, 0.05) is 11.5 Å². The Morgan fingerprint density at radius 3 is 1.62 bits per heavy atom. The van der Waals surface area contributed by atoms with Crippen LogP contribution in [0.5, 0.6) is 0 Å². The molecule has 0 aliphatic carbocycles. The van der Waals surface area contributed by atoms with Crippen LogP contribution in [0.4, 0.5) is 0 Å². The fourth-order valence-electron chi connectivity index (χ4n) is 0.639. The Morgan fingerprint density at radius 1 is 1.00 bits per heavy atom. The van der Waals surface area contributed by atoms with E-state index >= 15 is 0 Å². The summed E-state index contributed by atoms with van der Waals surface area (Å²) in [5.74, 6) is 4.60. The normalized spacial score (nSPS) is 39.8. The molecule has 0 N–H and O–H groups in total. The summed E-state index contributed by atoms with van der Waals surface area (Å²) in [5.41, 5.74) is 0. The maximum Gasteiger partial charge on any atom is 0.00655 e. The molecule has 0 radical (unpaired) electrons. The van der Waals surface area contributed by atoms with E-state index in [1.54, 1.807) is 0 Å². The molecule has 1 rings (SSSR count). The summed E-state index contributed by atoms with van der Waals surface area (Å²) in [5, 5.41) is 0. The van der Waals surface area contributed by atoms with Crippen molar-refractivity contribution in [2.45, 2.75) is 13.8 Å². The smallest absolute Gasteiger partial charge is 0.00655 e. The van der Waals surface area contributed by atoms with Gasteiger partial charge in [-0.3, -0.25) is 0 Å². The van der Waals surface area contributed by atoms with Gasteiger partial charge in [-0.1, -0.05) is 35.4 Å². The van der Waals surface area contributed by atoms with Gasteiger partial charge in [0.1, 0.15) is 0 Å². The minimum absolute atomic E-state index is 0.946. The standard InChI is InChI=1S/C6H12S2/c1-5-3-7-8-4-6(5)2/h5-6H,3-4H2,1-2H3/t5-,6-/m0/s1. The zero-order valence-electron chi connectivity index (χ0n) is 5.39. The highest BCUT2D eigenvalue weighted by molar-refractivity contribution is 8.76. The number of hydrogen-bond donors (Lipinski definition) is 0. The van der Waals surface area contributed by atoms with E-state index in [2.05, 4.69) is 13.8 Å². The van der Waals surface area contributed by atoms with Crippen molar-refractivity contribution in [3.8, 4) is 0 Å². The lowest BCUT2D eigenvalue weighted by Gasteiger charge is -2.23.